The summed E-state index contributed by atoms with van der Waals surface area (Å²) in [5.41, 5.74) is 0. The first-order chi connectivity index (χ1) is 34.3. The molecule has 0 aliphatic carbocycles. The Morgan fingerprint density at radius 3 is 1.16 bits per heavy atom. The quantitative estimate of drug-likeness (QED) is 0.0442. The van der Waals surface area contributed by atoms with Gasteiger partial charge in [0.25, 0.3) is 0 Å². The van der Waals surface area contributed by atoms with Crippen molar-refractivity contribution in [3.8, 4) is 17.2 Å². The van der Waals surface area contributed by atoms with Gasteiger partial charge >= 0.3 is 35.8 Å². The van der Waals surface area contributed by atoms with Gasteiger partial charge in [-0.25, -0.2) is 4.79 Å². The largest absolute Gasteiger partial charge is 0.486 e. The molecule has 0 aliphatic heterocycles. The third-order valence-electron chi connectivity index (χ3n) is 9.10. The number of ether oxygens (including phenoxy) is 8. The molecule has 0 heterocycles. The summed E-state index contributed by atoms with van der Waals surface area (Å²) in [6.45, 7) is 3.32. The highest BCUT2D eigenvalue weighted by Gasteiger charge is 2.44. The van der Waals surface area contributed by atoms with E-state index in [1.165, 1.54) is 0 Å². The van der Waals surface area contributed by atoms with Crippen LogP contribution in [0.3, 0.4) is 0 Å². The van der Waals surface area contributed by atoms with Gasteiger partial charge in [0.05, 0.1) is 12.7 Å². The zero-order valence-electron chi connectivity index (χ0n) is 40.3. The average Bonchev–Trinajstić information content (AvgIpc) is 3.33. The van der Waals surface area contributed by atoms with Gasteiger partial charge in [0.2, 0.25) is 0 Å². The minimum atomic E-state index is -1.69. The number of carbonyl (C=O) groups excluding carboxylic acids is 7. The highest BCUT2D eigenvalue weighted by atomic mass is 79.9. The predicted molar refractivity (Wildman–Crippen MR) is 265 cm³/mol. The second-order valence-electron chi connectivity index (χ2n) is 15.3. The van der Waals surface area contributed by atoms with Crippen molar-refractivity contribution in [3.63, 3.8) is 0 Å². The molecule has 0 saturated heterocycles. The van der Waals surface area contributed by atoms with Gasteiger partial charge < -0.3 is 68.5 Å². The van der Waals surface area contributed by atoms with Gasteiger partial charge in [-0.1, -0.05) is 47.8 Å². The lowest BCUT2D eigenvalue weighted by molar-refractivity contribution is -0.203. The summed E-state index contributed by atoms with van der Waals surface area (Å²) >= 11 is 9.83. The maximum atomic E-state index is 12.5. The van der Waals surface area contributed by atoms with Crippen molar-refractivity contribution in [1.82, 2.24) is 0 Å². The SMILES string of the molecule is CC(=O)OC[C@@H](OC(C)=O)[C@H](OC(C)=O)[C@@H](OC(C)=O)[C@@H](CCC(=O)COc1ccc(Br)cc1)OC(C)=O.O=C(CC[C@@H](O)[C@H](O)[C@@H](O)[C@H](O)CO)COc1ccc(Br)cc1.O=C(O)COc1ccc(Br)cc1. The van der Waals surface area contributed by atoms with Crippen LogP contribution in [0.5, 0.6) is 17.2 Å². The Labute approximate surface area is 445 Å². The number of halogens is 3. The zero-order valence-corrected chi connectivity index (χ0v) is 45.0. The molecule has 0 aromatic heterocycles. The predicted octanol–water partition coefficient (Wildman–Crippen LogP) is 3.99. The van der Waals surface area contributed by atoms with Crippen molar-refractivity contribution in [2.45, 2.75) is 109 Å². The lowest BCUT2D eigenvalue weighted by Crippen LogP contribution is -2.53. The molecule has 25 heteroatoms. The van der Waals surface area contributed by atoms with Gasteiger partial charge in [-0.15, -0.1) is 0 Å². The molecular formula is C48H59Br3O22. The standard InChI is InChI=1S/C25H31BrO12.C15H21BrO7.C8H7BrO3/c1-14(27)33-13-23(36-16(3)29)25(38-18(5)31)24(37-17(4)30)22(35-15(2)28)11-8-20(32)12-34-21-9-6-19(26)7-10-21;16-9-1-4-11(5-2-9)23-8-10(18)3-6-12(19)14(21)15(22)13(20)7-17;9-6-1-3-7(4-2-6)12-5-8(10)11/h6-7,9-10,22-25H,8,11-13H2,1-5H3;1-2,4-5,12-15,17,19-22H,3,6-8H2;1-4H,5H2,(H,10,11)/t22-,23-,24+,25+;12-,13-,14+,15+;/m11./s1. The second kappa shape index (κ2) is 35.6. The summed E-state index contributed by atoms with van der Waals surface area (Å²) in [7, 11) is 0. The van der Waals surface area contributed by atoms with Crippen molar-refractivity contribution in [2.24, 2.45) is 0 Å². The maximum Gasteiger partial charge on any atom is 0.341 e. The summed E-state index contributed by atoms with van der Waals surface area (Å²) < 4.78 is 44.4. The van der Waals surface area contributed by atoms with E-state index in [0.29, 0.717) is 17.2 Å². The number of hydrogen-bond acceptors (Lipinski definition) is 21. The molecule has 6 N–H and O–H groups in total. The minimum absolute atomic E-state index is 0.0588. The van der Waals surface area contributed by atoms with Crippen molar-refractivity contribution >= 4 is 95.2 Å². The normalized spacial score (nSPS) is 13.8. The number of carboxylic acids is 1. The molecule has 3 rings (SSSR count). The number of esters is 5. The summed E-state index contributed by atoms with van der Waals surface area (Å²) in [5.74, 6) is -4.09. The van der Waals surface area contributed by atoms with Crippen LogP contribution in [0.2, 0.25) is 0 Å². The van der Waals surface area contributed by atoms with Gasteiger partial charge in [-0.2, -0.15) is 0 Å². The molecule has 0 saturated carbocycles. The summed E-state index contributed by atoms with van der Waals surface area (Å²) in [5, 5.41) is 54.9. The Morgan fingerprint density at radius 2 is 0.808 bits per heavy atom. The Balaban J connectivity index is 0.000000636. The second-order valence-corrected chi connectivity index (χ2v) is 18.1. The Hall–Kier alpha value is -5.54. The van der Waals surface area contributed by atoms with E-state index >= 15 is 0 Å². The van der Waals surface area contributed by atoms with E-state index in [-0.39, 0.29) is 57.1 Å². The molecule has 0 amide bonds. The number of carbonyl (C=O) groups is 8. The number of carboxylic acid groups (broad SMARTS) is 1. The van der Waals surface area contributed by atoms with Crippen LogP contribution in [0.25, 0.3) is 0 Å². The summed E-state index contributed by atoms with van der Waals surface area (Å²) in [4.78, 5) is 93.3. The molecule has 22 nitrogen and oxygen atoms in total. The van der Waals surface area contributed by atoms with E-state index in [9.17, 15) is 58.8 Å². The van der Waals surface area contributed by atoms with E-state index in [4.69, 9.17) is 48.1 Å². The molecule has 3 aromatic carbocycles. The van der Waals surface area contributed by atoms with Crippen molar-refractivity contribution in [3.05, 3.63) is 86.2 Å². The summed E-state index contributed by atoms with van der Waals surface area (Å²) in [6, 6.07) is 20.7. The number of aliphatic carboxylic acids is 1. The van der Waals surface area contributed by atoms with Gasteiger partial charge in [0, 0.05) is 60.9 Å². The number of ketones is 2. The number of rotatable bonds is 28. The van der Waals surface area contributed by atoms with Gasteiger partial charge in [-0.05, 0) is 85.6 Å². The van der Waals surface area contributed by atoms with E-state index in [1.54, 1.807) is 72.8 Å². The van der Waals surface area contributed by atoms with E-state index in [2.05, 4.69) is 47.8 Å². The van der Waals surface area contributed by atoms with Crippen LogP contribution in [0.4, 0.5) is 0 Å². The first-order valence-electron chi connectivity index (χ1n) is 21.9. The molecule has 8 atom stereocenters. The van der Waals surface area contributed by atoms with Gasteiger partial charge in [-0.3, -0.25) is 33.6 Å². The Bertz CT molecular complexity index is 2190. The number of hydrogen-bond donors (Lipinski definition) is 6. The third kappa shape index (κ3) is 29.7. The molecule has 0 bridgehead atoms. The van der Waals surface area contributed by atoms with Crippen LogP contribution >= 0.6 is 47.8 Å². The molecule has 0 unspecified atom stereocenters. The molecule has 0 aliphatic rings. The van der Waals surface area contributed by atoms with Crippen LogP contribution < -0.4 is 14.2 Å². The maximum absolute atomic E-state index is 12.5. The van der Waals surface area contributed by atoms with E-state index in [1.807, 2.05) is 0 Å². The van der Waals surface area contributed by atoms with Gasteiger partial charge in [0.15, 0.2) is 36.5 Å². The fourth-order valence-electron chi connectivity index (χ4n) is 5.76. The molecule has 0 radical (unpaired) electrons. The number of benzene rings is 3. The average molecular weight is 1230 g/mol. The Morgan fingerprint density at radius 1 is 0.466 bits per heavy atom. The van der Waals surface area contributed by atoms with Crippen LogP contribution in [0, 0.1) is 0 Å². The number of aliphatic hydroxyl groups excluding tert-OH is 5. The molecule has 0 spiro atoms. The zero-order chi connectivity index (χ0) is 55.2. The molecule has 404 valence electrons. The van der Waals surface area contributed by atoms with Crippen LogP contribution in [-0.2, 0) is 62.0 Å². The first-order valence-corrected chi connectivity index (χ1v) is 24.2. The first kappa shape index (κ1) is 65.5. The molecule has 73 heavy (non-hydrogen) atoms. The minimum Gasteiger partial charge on any atom is -0.486 e. The smallest absolute Gasteiger partial charge is 0.341 e. The van der Waals surface area contributed by atoms with Crippen LogP contribution in [0.1, 0.15) is 60.3 Å². The molecule has 3 aromatic rings. The lowest BCUT2D eigenvalue weighted by atomic mass is 9.97. The molecular weight excluding hydrogens is 1170 g/mol. The fraction of sp³-hybridized carbons (Fsp3) is 0.458. The van der Waals surface area contributed by atoms with Crippen molar-refractivity contribution in [1.29, 1.82) is 0 Å². The van der Waals surface area contributed by atoms with E-state index < -0.39 is 97.9 Å². The molecule has 0 fully saturated rings. The number of Topliss-reactive ketones (excluding diaryl/α,β-unsaturated/α-hetero) is 2. The lowest BCUT2D eigenvalue weighted by Gasteiger charge is -2.35. The third-order valence-corrected chi connectivity index (χ3v) is 10.7. The topological polar surface area (TPSA) is 332 Å². The Kier molecular flexibility index (Phi) is 31.9. The highest BCUT2D eigenvalue weighted by Crippen LogP contribution is 2.24. The fourth-order valence-corrected chi connectivity index (χ4v) is 6.55. The number of aliphatic hydroxyl groups is 5. The van der Waals surface area contributed by atoms with Crippen LogP contribution in [-0.4, -0.2) is 160 Å². The highest BCUT2D eigenvalue weighted by molar-refractivity contribution is 9.11. The monoisotopic (exact) mass is 1220 g/mol. The van der Waals surface area contributed by atoms with E-state index in [0.717, 1.165) is 48.0 Å². The van der Waals surface area contributed by atoms with Crippen molar-refractivity contribution < 1.29 is 107 Å². The van der Waals surface area contributed by atoms with Crippen molar-refractivity contribution in [2.75, 3.05) is 33.0 Å². The van der Waals surface area contributed by atoms with Gasteiger partial charge in [0.1, 0.15) is 61.5 Å². The summed E-state index contributed by atoms with van der Waals surface area (Å²) in [6.07, 6.45) is -12.6. The van der Waals surface area contributed by atoms with Crippen LogP contribution in [0.15, 0.2) is 86.2 Å².